The standard InChI is InChI=1S/C18H15ClFN5O2S/c19-13-5-3-12(4-6-13)17-23-24-18(28)25(17)10-16(27)22-21-15(26)9-11-1-7-14(20)8-2-11/h1-8H,9-10H2,(H,21,26)(H,22,27)(H,24,28). The molecular weight excluding hydrogens is 405 g/mol. The minimum atomic E-state index is -0.486. The van der Waals surface area contributed by atoms with Gasteiger partial charge in [-0.2, -0.15) is 5.10 Å². The molecule has 0 atom stereocenters. The smallest absolute Gasteiger partial charge is 0.258 e. The number of halogens is 2. The number of aromatic nitrogens is 3. The molecule has 1 aromatic heterocycles. The lowest BCUT2D eigenvalue weighted by Crippen LogP contribution is -2.43. The Morgan fingerprint density at radius 3 is 2.39 bits per heavy atom. The van der Waals surface area contributed by atoms with Crippen molar-refractivity contribution in [3.8, 4) is 11.4 Å². The van der Waals surface area contributed by atoms with E-state index in [1.165, 1.54) is 28.8 Å². The molecule has 0 radical (unpaired) electrons. The number of benzene rings is 2. The normalized spacial score (nSPS) is 10.5. The van der Waals surface area contributed by atoms with Crippen molar-refractivity contribution in [3.05, 3.63) is 69.7 Å². The fourth-order valence-electron chi connectivity index (χ4n) is 2.44. The molecule has 0 fully saturated rings. The lowest BCUT2D eigenvalue weighted by molar-refractivity contribution is -0.128. The molecule has 3 N–H and O–H groups in total. The summed E-state index contributed by atoms with van der Waals surface area (Å²) < 4.78 is 14.6. The largest absolute Gasteiger partial charge is 0.291 e. The van der Waals surface area contributed by atoms with Crippen molar-refractivity contribution in [2.45, 2.75) is 13.0 Å². The van der Waals surface area contributed by atoms with Gasteiger partial charge in [-0.05, 0) is 54.2 Å². The van der Waals surface area contributed by atoms with Crippen molar-refractivity contribution in [1.82, 2.24) is 25.6 Å². The monoisotopic (exact) mass is 419 g/mol. The Bertz CT molecular complexity index is 1050. The number of aromatic amines is 1. The molecule has 2 amide bonds. The molecule has 0 spiro atoms. The zero-order chi connectivity index (χ0) is 20.1. The molecule has 0 aliphatic carbocycles. The van der Waals surface area contributed by atoms with Crippen LogP contribution in [0.5, 0.6) is 0 Å². The zero-order valence-corrected chi connectivity index (χ0v) is 16.0. The van der Waals surface area contributed by atoms with Crippen LogP contribution in [0.3, 0.4) is 0 Å². The van der Waals surface area contributed by atoms with Gasteiger partial charge in [0.05, 0.1) is 6.42 Å². The van der Waals surface area contributed by atoms with Crippen LogP contribution in [0.2, 0.25) is 5.02 Å². The van der Waals surface area contributed by atoms with E-state index in [9.17, 15) is 14.0 Å². The molecule has 0 saturated heterocycles. The molecule has 7 nitrogen and oxygen atoms in total. The minimum Gasteiger partial charge on any atom is -0.291 e. The third-order valence-electron chi connectivity index (χ3n) is 3.78. The maximum absolute atomic E-state index is 12.9. The van der Waals surface area contributed by atoms with E-state index in [2.05, 4.69) is 21.0 Å². The van der Waals surface area contributed by atoms with Gasteiger partial charge in [0.15, 0.2) is 10.6 Å². The maximum Gasteiger partial charge on any atom is 0.258 e. The number of carbonyl (C=O) groups excluding carboxylic acids is 2. The number of hydrogen-bond acceptors (Lipinski definition) is 4. The van der Waals surface area contributed by atoms with Crippen LogP contribution in [-0.4, -0.2) is 26.6 Å². The fraction of sp³-hybridized carbons (Fsp3) is 0.111. The summed E-state index contributed by atoms with van der Waals surface area (Å²) in [6.45, 7) is -0.149. The van der Waals surface area contributed by atoms with Crippen LogP contribution in [0.4, 0.5) is 4.39 Å². The van der Waals surface area contributed by atoms with Crippen LogP contribution in [0.15, 0.2) is 48.5 Å². The van der Waals surface area contributed by atoms with E-state index in [1.807, 2.05) is 0 Å². The molecule has 1 heterocycles. The number of H-pyrrole nitrogens is 1. The molecule has 0 aliphatic rings. The Kier molecular flexibility index (Phi) is 6.17. The lowest BCUT2D eigenvalue weighted by Gasteiger charge is -2.09. The lowest BCUT2D eigenvalue weighted by atomic mass is 10.1. The van der Waals surface area contributed by atoms with Crippen LogP contribution >= 0.6 is 23.8 Å². The van der Waals surface area contributed by atoms with E-state index in [0.717, 1.165) is 5.56 Å². The van der Waals surface area contributed by atoms with Gasteiger partial charge in [0.1, 0.15) is 12.4 Å². The molecule has 144 valence electrons. The number of rotatable bonds is 5. The summed E-state index contributed by atoms with van der Waals surface area (Å²) in [4.78, 5) is 24.1. The fourth-order valence-corrected chi connectivity index (χ4v) is 2.76. The second-order valence-electron chi connectivity index (χ2n) is 5.84. The zero-order valence-electron chi connectivity index (χ0n) is 14.4. The second kappa shape index (κ2) is 8.77. The van der Waals surface area contributed by atoms with Crippen LogP contribution in [0.25, 0.3) is 11.4 Å². The average Bonchev–Trinajstić information content (AvgIpc) is 3.03. The molecule has 28 heavy (non-hydrogen) atoms. The van der Waals surface area contributed by atoms with Gasteiger partial charge in [-0.3, -0.25) is 30.1 Å². The van der Waals surface area contributed by atoms with Crippen molar-refractivity contribution in [2.24, 2.45) is 0 Å². The van der Waals surface area contributed by atoms with Crippen LogP contribution in [-0.2, 0) is 22.6 Å². The Balaban J connectivity index is 1.60. The summed E-state index contributed by atoms with van der Waals surface area (Å²) in [7, 11) is 0. The number of hydrazine groups is 1. The molecule has 0 bridgehead atoms. The summed E-state index contributed by atoms with van der Waals surface area (Å²) in [6, 6.07) is 12.4. The predicted octanol–water partition coefficient (Wildman–Crippen LogP) is 2.79. The first-order valence-corrected chi connectivity index (χ1v) is 8.94. The molecule has 10 heteroatoms. The predicted molar refractivity (Wildman–Crippen MR) is 104 cm³/mol. The Labute approximate surface area is 169 Å². The van der Waals surface area contributed by atoms with E-state index in [1.54, 1.807) is 24.3 Å². The van der Waals surface area contributed by atoms with Gasteiger partial charge in [-0.15, -0.1) is 0 Å². The molecule has 2 aromatic carbocycles. The summed E-state index contributed by atoms with van der Waals surface area (Å²) in [5, 5.41) is 7.35. The quantitative estimate of drug-likeness (QED) is 0.438. The van der Waals surface area contributed by atoms with Crippen molar-refractivity contribution >= 4 is 35.6 Å². The summed E-state index contributed by atoms with van der Waals surface area (Å²) in [5.41, 5.74) is 5.99. The van der Waals surface area contributed by atoms with Gasteiger partial charge in [0, 0.05) is 10.6 Å². The highest BCUT2D eigenvalue weighted by atomic mass is 35.5. The summed E-state index contributed by atoms with van der Waals surface area (Å²) in [5.74, 6) is -0.839. The number of carbonyl (C=O) groups is 2. The van der Waals surface area contributed by atoms with Gasteiger partial charge in [-0.1, -0.05) is 23.7 Å². The van der Waals surface area contributed by atoms with Crippen molar-refractivity contribution < 1.29 is 14.0 Å². The number of amides is 2. The van der Waals surface area contributed by atoms with Crippen molar-refractivity contribution in [2.75, 3.05) is 0 Å². The first-order valence-electron chi connectivity index (χ1n) is 8.15. The third kappa shape index (κ3) is 5.02. The number of nitrogens with one attached hydrogen (secondary N) is 3. The molecule has 3 rings (SSSR count). The summed E-state index contributed by atoms with van der Waals surface area (Å²) in [6.07, 6.45) is 0.00171. The van der Waals surface area contributed by atoms with E-state index in [-0.39, 0.29) is 23.6 Å². The number of nitrogens with zero attached hydrogens (tertiary/aromatic N) is 2. The van der Waals surface area contributed by atoms with E-state index >= 15 is 0 Å². The van der Waals surface area contributed by atoms with E-state index < -0.39 is 11.8 Å². The first kappa shape index (κ1) is 19.7. The Hall–Kier alpha value is -3.04. The highest BCUT2D eigenvalue weighted by molar-refractivity contribution is 7.71. The molecule has 0 unspecified atom stereocenters. The molecule has 3 aromatic rings. The van der Waals surface area contributed by atoms with E-state index in [4.69, 9.17) is 23.8 Å². The van der Waals surface area contributed by atoms with Crippen molar-refractivity contribution in [1.29, 1.82) is 0 Å². The highest BCUT2D eigenvalue weighted by Crippen LogP contribution is 2.19. The van der Waals surface area contributed by atoms with Gasteiger partial charge in [0.2, 0.25) is 5.91 Å². The summed E-state index contributed by atoms with van der Waals surface area (Å²) >= 11 is 11.1. The average molecular weight is 420 g/mol. The maximum atomic E-state index is 12.9. The SMILES string of the molecule is O=C(Cc1ccc(F)cc1)NNC(=O)Cn1c(-c2ccc(Cl)cc2)n[nH]c1=S. The highest BCUT2D eigenvalue weighted by Gasteiger charge is 2.13. The Morgan fingerprint density at radius 2 is 1.71 bits per heavy atom. The topological polar surface area (TPSA) is 91.8 Å². The molecule has 0 saturated carbocycles. The Morgan fingerprint density at radius 1 is 1.07 bits per heavy atom. The number of hydrogen-bond donors (Lipinski definition) is 3. The molecular formula is C18H15ClFN5O2S. The third-order valence-corrected chi connectivity index (χ3v) is 4.35. The van der Waals surface area contributed by atoms with Gasteiger partial charge in [0.25, 0.3) is 5.91 Å². The van der Waals surface area contributed by atoms with E-state index in [0.29, 0.717) is 16.4 Å². The molecule has 0 aliphatic heterocycles. The van der Waals surface area contributed by atoms with Gasteiger partial charge < -0.3 is 0 Å². The van der Waals surface area contributed by atoms with Gasteiger partial charge in [-0.25, -0.2) is 4.39 Å². The first-order chi connectivity index (χ1) is 13.4. The second-order valence-corrected chi connectivity index (χ2v) is 6.67. The van der Waals surface area contributed by atoms with Gasteiger partial charge >= 0.3 is 0 Å². The van der Waals surface area contributed by atoms with Crippen LogP contribution < -0.4 is 10.9 Å². The van der Waals surface area contributed by atoms with Crippen molar-refractivity contribution in [3.63, 3.8) is 0 Å². The van der Waals surface area contributed by atoms with Crippen LogP contribution in [0.1, 0.15) is 5.56 Å². The minimum absolute atomic E-state index is 0.00171. The van der Waals surface area contributed by atoms with Crippen LogP contribution in [0, 0.1) is 10.6 Å².